The summed E-state index contributed by atoms with van der Waals surface area (Å²) in [4.78, 5) is 0. The molecule has 0 saturated carbocycles. The van der Waals surface area contributed by atoms with E-state index in [1.165, 1.54) is 0 Å². The lowest BCUT2D eigenvalue weighted by Crippen LogP contribution is -2.11. The summed E-state index contributed by atoms with van der Waals surface area (Å²) in [5, 5.41) is 0. The van der Waals surface area contributed by atoms with Gasteiger partial charge in [0.25, 0.3) is 0 Å². The van der Waals surface area contributed by atoms with Gasteiger partial charge in [-0.05, 0) is 18.9 Å². The number of rotatable bonds is 0. The first-order valence-electron chi connectivity index (χ1n) is 4.67. The van der Waals surface area contributed by atoms with Gasteiger partial charge >= 0.3 is 0 Å². The third-order valence-electron chi connectivity index (χ3n) is 2.44. The Morgan fingerprint density at radius 3 is 2.93 bits per heavy atom. The fourth-order valence-electron chi connectivity index (χ4n) is 1.70. The first-order chi connectivity index (χ1) is 7.11. The summed E-state index contributed by atoms with van der Waals surface area (Å²) in [6.45, 7) is 0.369. The second-order valence-corrected chi connectivity index (χ2v) is 4.35. The smallest absolute Gasteiger partial charge is 0.201 e. The molecule has 1 atom stereocenters. The largest absolute Gasteiger partial charge is 0.490 e. The van der Waals surface area contributed by atoms with Crippen LogP contribution in [0.3, 0.4) is 0 Å². The van der Waals surface area contributed by atoms with Gasteiger partial charge in [0.05, 0.1) is 6.61 Å². The molecule has 1 unspecified atom stereocenters. The van der Waals surface area contributed by atoms with Crippen molar-refractivity contribution in [2.45, 2.75) is 18.9 Å². The standard InChI is InChI=1S/C10H10BrF2NO/c11-5-4-6(12)9(13)10-8(5)7(14)2-1-3-15-10/h4,7H,1-3,14H2. The third-order valence-corrected chi connectivity index (χ3v) is 3.10. The van der Waals surface area contributed by atoms with Gasteiger partial charge in [-0.15, -0.1) is 0 Å². The van der Waals surface area contributed by atoms with Crippen LogP contribution in [-0.2, 0) is 0 Å². The second kappa shape index (κ2) is 4.06. The number of fused-ring (bicyclic) bond motifs is 1. The zero-order valence-corrected chi connectivity index (χ0v) is 9.48. The summed E-state index contributed by atoms with van der Waals surface area (Å²) in [6, 6.07) is 0.773. The van der Waals surface area contributed by atoms with Gasteiger partial charge < -0.3 is 10.5 Å². The third kappa shape index (κ3) is 1.86. The maximum absolute atomic E-state index is 13.4. The second-order valence-electron chi connectivity index (χ2n) is 3.49. The van der Waals surface area contributed by atoms with E-state index in [2.05, 4.69) is 15.9 Å². The Bertz CT molecular complexity index is 397. The van der Waals surface area contributed by atoms with Crippen molar-refractivity contribution in [3.63, 3.8) is 0 Å². The molecule has 1 aliphatic heterocycles. The lowest BCUT2D eigenvalue weighted by Gasteiger charge is -2.14. The molecule has 1 heterocycles. The Morgan fingerprint density at radius 1 is 1.47 bits per heavy atom. The van der Waals surface area contributed by atoms with E-state index in [-0.39, 0.29) is 11.8 Å². The Kier molecular flexibility index (Phi) is 2.93. The average Bonchev–Trinajstić information content (AvgIpc) is 2.37. The first kappa shape index (κ1) is 10.8. The molecule has 0 spiro atoms. The first-order valence-corrected chi connectivity index (χ1v) is 5.46. The van der Waals surface area contributed by atoms with Gasteiger partial charge in [0, 0.05) is 16.1 Å². The predicted molar refractivity (Wildman–Crippen MR) is 55.7 cm³/mol. The van der Waals surface area contributed by atoms with Crippen molar-refractivity contribution in [2.24, 2.45) is 5.73 Å². The normalized spacial score (nSPS) is 20.4. The number of ether oxygens (including phenoxy) is 1. The summed E-state index contributed by atoms with van der Waals surface area (Å²) >= 11 is 3.18. The molecule has 2 nitrogen and oxygen atoms in total. The molecule has 0 fully saturated rings. The molecular weight excluding hydrogens is 268 g/mol. The highest BCUT2D eigenvalue weighted by Crippen LogP contribution is 2.38. The number of hydrogen-bond acceptors (Lipinski definition) is 2. The molecule has 15 heavy (non-hydrogen) atoms. The van der Waals surface area contributed by atoms with E-state index in [0.29, 0.717) is 23.1 Å². The van der Waals surface area contributed by atoms with Crippen molar-refractivity contribution in [2.75, 3.05) is 6.61 Å². The minimum Gasteiger partial charge on any atom is -0.490 e. The van der Waals surface area contributed by atoms with E-state index in [9.17, 15) is 8.78 Å². The highest BCUT2D eigenvalue weighted by atomic mass is 79.9. The molecule has 0 amide bonds. The van der Waals surface area contributed by atoms with Crippen LogP contribution in [0.4, 0.5) is 8.78 Å². The van der Waals surface area contributed by atoms with Crippen LogP contribution in [0.1, 0.15) is 24.4 Å². The zero-order chi connectivity index (χ0) is 11.0. The van der Waals surface area contributed by atoms with Gasteiger partial charge in [0.1, 0.15) is 0 Å². The molecule has 82 valence electrons. The van der Waals surface area contributed by atoms with Crippen LogP contribution in [0.5, 0.6) is 5.75 Å². The Labute approximate surface area is 94.5 Å². The van der Waals surface area contributed by atoms with E-state index in [1.54, 1.807) is 0 Å². The van der Waals surface area contributed by atoms with Gasteiger partial charge in [-0.3, -0.25) is 0 Å². The van der Waals surface area contributed by atoms with E-state index in [4.69, 9.17) is 10.5 Å². The summed E-state index contributed by atoms with van der Waals surface area (Å²) < 4.78 is 32.2. The fourth-order valence-corrected chi connectivity index (χ4v) is 2.37. The molecule has 0 aliphatic carbocycles. The van der Waals surface area contributed by atoms with E-state index in [0.717, 1.165) is 12.5 Å². The maximum Gasteiger partial charge on any atom is 0.201 e. The van der Waals surface area contributed by atoms with Crippen LogP contribution in [0.15, 0.2) is 10.5 Å². The summed E-state index contributed by atoms with van der Waals surface area (Å²) in [5.74, 6) is -1.92. The predicted octanol–water partition coefficient (Wildman–Crippen LogP) is 2.90. The average molecular weight is 278 g/mol. The number of nitrogens with two attached hydrogens (primary N) is 1. The van der Waals surface area contributed by atoms with Crippen LogP contribution in [-0.4, -0.2) is 6.61 Å². The van der Waals surface area contributed by atoms with Crippen LogP contribution >= 0.6 is 15.9 Å². The van der Waals surface area contributed by atoms with Gasteiger partial charge in [-0.2, -0.15) is 4.39 Å². The minimum atomic E-state index is -0.953. The summed E-state index contributed by atoms with van der Waals surface area (Å²) in [5.41, 5.74) is 6.39. The Balaban J connectivity index is 2.63. The van der Waals surface area contributed by atoms with Crippen molar-refractivity contribution < 1.29 is 13.5 Å². The lowest BCUT2D eigenvalue weighted by molar-refractivity contribution is 0.295. The van der Waals surface area contributed by atoms with Gasteiger partial charge in [-0.1, -0.05) is 15.9 Å². The van der Waals surface area contributed by atoms with Crippen LogP contribution < -0.4 is 10.5 Å². The molecule has 2 rings (SSSR count). The quantitative estimate of drug-likeness (QED) is 0.740. The molecule has 0 aromatic heterocycles. The molecule has 0 saturated heterocycles. The molecule has 1 aliphatic rings. The number of halogens is 3. The Hall–Kier alpha value is -0.680. The molecule has 1 aromatic rings. The maximum atomic E-state index is 13.4. The van der Waals surface area contributed by atoms with Crippen molar-refractivity contribution >= 4 is 15.9 Å². The lowest BCUT2D eigenvalue weighted by atomic mass is 10.0. The highest BCUT2D eigenvalue weighted by Gasteiger charge is 2.25. The van der Waals surface area contributed by atoms with Crippen molar-refractivity contribution in [3.8, 4) is 5.75 Å². The molecule has 0 radical (unpaired) electrons. The highest BCUT2D eigenvalue weighted by molar-refractivity contribution is 9.10. The van der Waals surface area contributed by atoms with E-state index >= 15 is 0 Å². The number of benzene rings is 1. The van der Waals surface area contributed by atoms with E-state index in [1.807, 2.05) is 0 Å². The summed E-state index contributed by atoms with van der Waals surface area (Å²) in [6.07, 6.45) is 1.44. The zero-order valence-electron chi connectivity index (χ0n) is 7.90. The van der Waals surface area contributed by atoms with E-state index < -0.39 is 11.6 Å². The topological polar surface area (TPSA) is 35.2 Å². The molecule has 1 aromatic carbocycles. The molecule has 5 heteroatoms. The van der Waals surface area contributed by atoms with Crippen LogP contribution in [0.25, 0.3) is 0 Å². The molecule has 2 N–H and O–H groups in total. The summed E-state index contributed by atoms with van der Waals surface area (Å²) in [7, 11) is 0. The minimum absolute atomic E-state index is 0.0492. The molecule has 0 bridgehead atoms. The SMILES string of the molecule is NC1CCCOc2c(F)c(F)cc(Br)c21. The van der Waals surface area contributed by atoms with Gasteiger partial charge in [0.2, 0.25) is 5.82 Å². The van der Waals surface area contributed by atoms with Crippen LogP contribution in [0.2, 0.25) is 0 Å². The molecular formula is C10H10BrF2NO. The number of hydrogen-bond donors (Lipinski definition) is 1. The van der Waals surface area contributed by atoms with Crippen molar-refractivity contribution in [1.82, 2.24) is 0 Å². The van der Waals surface area contributed by atoms with Crippen molar-refractivity contribution in [1.29, 1.82) is 0 Å². The van der Waals surface area contributed by atoms with Crippen LogP contribution in [0, 0.1) is 11.6 Å². The van der Waals surface area contributed by atoms with Gasteiger partial charge in [-0.25, -0.2) is 4.39 Å². The van der Waals surface area contributed by atoms with Crippen molar-refractivity contribution in [3.05, 3.63) is 27.7 Å². The van der Waals surface area contributed by atoms with Gasteiger partial charge in [0.15, 0.2) is 11.6 Å². The monoisotopic (exact) mass is 277 g/mol. The Morgan fingerprint density at radius 2 is 2.20 bits per heavy atom. The fraction of sp³-hybridized carbons (Fsp3) is 0.400.